The molecule has 1 fully saturated rings. The van der Waals surface area contributed by atoms with E-state index >= 15 is 0 Å². The number of methoxy groups -OCH3 is 1. The van der Waals surface area contributed by atoms with Gasteiger partial charge in [-0.05, 0) is 13.3 Å². The Hall–Kier alpha value is -1.56. The van der Waals surface area contributed by atoms with Crippen LogP contribution in [0.5, 0.6) is 5.88 Å². The van der Waals surface area contributed by atoms with Crippen molar-refractivity contribution in [3.63, 3.8) is 0 Å². The van der Waals surface area contributed by atoms with E-state index in [4.69, 9.17) is 15.2 Å². The lowest BCUT2D eigenvalue weighted by Gasteiger charge is -2.20. The van der Waals surface area contributed by atoms with Crippen molar-refractivity contribution in [2.75, 3.05) is 31.4 Å². The molecule has 2 rings (SSSR count). The number of hydrogen-bond donors (Lipinski definition) is 2. The van der Waals surface area contributed by atoms with Crippen LogP contribution in [-0.4, -0.2) is 36.3 Å². The molecule has 0 bridgehead atoms. The van der Waals surface area contributed by atoms with E-state index in [2.05, 4.69) is 22.2 Å². The molecule has 1 aliphatic heterocycles. The fourth-order valence-electron chi connectivity index (χ4n) is 1.92. The van der Waals surface area contributed by atoms with Gasteiger partial charge in [-0.3, -0.25) is 0 Å². The quantitative estimate of drug-likeness (QED) is 0.811. The zero-order chi connectivity index (χ0) is 12.3. The molecule has 94 valence electrons. The topological polar surface area (TPSA) is 82.3 Å². The van der Waals surface area contributed by atoms with Crippen LogP contribution >= 0.6 is 0 Å². The third-order valence-electron chi connectivity index (χ3n) is 2.98. The lowest BCUT2D eigenvalue weighted by atomic mass is 10.0. The Bertz CT molecular complexity index is 380. The van der Waals surface area contributed by atoms with Crippen molar-refractivity contribution in [3.05, 3.63) is 6.07 Å². The molecule has 6 nitrogen and oxygen atoms in total. The fourth-order valence-corrected chi connectivity index (χ4v) is 1.92. The zero-order valence-electron chi connectivity index (χ0n) is 10.1. The minimum Gasteiger partial charge on any atom is -0.481 e. The molecule has 0 aliphatic carbocycles. The summed E-state index contributed by atoms with van der Waals surface area (Å²) in [5.41, 5.74) is 5.60. The highest BCUT2D eigenvalue weighted by Gasteiger charge is 2.22. The van der Waals surface area contributed by atoms with E-state index in [0.29, 0.717) is 17.6 Å². The van der Waals surface area contributed by atoms with Crippen molar-refractivity contribution in [1.82, 2.24) is 9.97 Å². The summed E-state index contributed by atoms with van der Waals surface area (Å²) in [4.78, 5) is 8.06. The predicted octanol–water partition coefficient (Wildman–Crippen LogP) is 0.904. The zero-order valence-corrected chi connectivity index (χ0v) is 10.1. The molecule has 0 saturated carbocycles. The van der Waals surface area contributed by atoms with Crippen molar-refractivity contribution >= 4 is 11.8 Å². The third-order valence-corrected chi connectivity index (χ3v) is 2.98. The molecule has 2 unspecified atom stereocenters. The molecular formula is C11H18N4O2. The lowest BCUT2D eigenvalue weighted by molar-refractivity contribution is 0.183. The third kappa shape index (κ3) is 2.97. The summed E-state index contributed by atoms with van der Waals surface area (Å²) in [6.45, 7) is 3.75. The smallest absolute Gasteiger partial charge is 0.225 e. The molecule has 1 aromatic heterocycles. The summed E-state index contributed by atoms with van der Waals surface area (Å²) in [6.07, 6.45) is 1.08. The number of aromatic nitrogens is 2. The summed E-state index contributed by atoms with van der Waals surface area (Å²) in [6, 6.07) is 2.03. The summed E-state index contributed by atoms with van der Waals surface area (Å²) in [5, 5.41) is 3.31. The second-order valence-corrected chi connectivity index (χ2v) is 4.21. The molecule has 1 saturated heterocycles. The van der Waals surface area contributed by atoms with Gasteiger partial charge >= 0.3 is 0 Å². The average Bonchev–Trinajstić information content (AvgIpc) is 2.81. The maximum absolute atomic E-state index is 5.60. The van der Waals surface area contributed by atoms with E-state index in [-0.39, 0.29) is 12.0 Å². The highest BCUT2D eigenvalue weighted by Crippen LogP contribution is 2.21. The molecule has 2 atom stereocenters. The Morgan fingerprint density at radius 3 is 3.06 bits per heavy atom. The van der Waals surface area contributed by atoms with Gasteiger partial charge in [-0.2, -0.15) is 9.97 Å². The van der Waals surface area contributed by atoms with Crippen molar-refractivity contribution in [2.45, 2.75) is 19.4 Å². The minimum absolute atomic E-state index is 0.210. The fraction of sp³-hybridized carbons (Fsp3) is 0.636. The van der Waals surface area contributed by atoms with Crippen LogP contribution in [0, 0.1) is 5.92 Å². The number of hydrogen-bond acceptors (Lipinski definition) is 6. The molecule has 0 amide bonds. The molecule has 0 spiro atoms. The van der Waals surface area contributed by atoms with E-state index in [1.54, 1.807) is 13.2 Å². The number of nitrogen functional groups attached to an aromatic ring is 1. The van der Waals surface area contributed by atoms with Crippen LogP contribution in [0.3, 0.4) is 0 Å². The van der Waals surface area contributed by atoms with Crippen LogP contribution in [-0.2, 0) is 4.74 Å². The molecule has 1 aromatic rings. The molecule has 17 heavy (non-hydrogen) atoms. The largest absolute Gasteiger partial charge is 0.481 e. The maximum atomic E-state index is 5.60. The monoisotopic (exact) mass is 238 g/mol. The second kappa shape index (κ2) is 5.18. The summed E-state index contributed by atoms with van der Waals surface area (Å²) < 4.78 is 10.4. The van der Waals surface area contributed by atoms with Gasteiger partial charge in [0.2, 0.25) is 11.8 Å². The van der Waals surface area contributed by atoms with Gasteiger partial charge in [-0.25, -0.2) is 0 Å². The van der Waals surface area contributed by atoms with Gasteiger partial charge in [-0.15, -0.1) is 0 Å². The summed E-state index contributed by atoms with van der Waals surface area (Å²) >= 11 is 0. The van der Waals surface area contributed by atoms with Gasteiger partial charge in [-0.1, -0.05) is 0 Å². The molecule has 0 radical (unpaired) electrons. The normalized spacial score (nSPS) is 21.2. The van der Waals surface area contributed by atoms with Crippen LogP contribution in [0.2, 0.25) is 0 Å². The number of nitrogens with zero attached hydrogens (tertiary/aromatic N) is 2. The number of ether oxygens (including phenoxy) is 2. The molecule has 2 heterocycles. The number of rotatable bonds is 4. The highest BCUT2D eigenvalue weighted by molar-refractivity contribution is 5.43. The van der Waals surface area contributed by atoms with E-state index < -0.39 is 0 Å². The first-order valence-corrected chi connectivity index (χ1v) is 5.72. The van der Waals surface area contributed by atoms with E-state index in [0.717, 1.165) is 19.6 Å². The second-order valence-electron chi connectivity index (χ2n) is 4.21. The minimum atomic E-state index is 0.210. The van der Waals surface area contributed by atoms with Gasteiger partial charge in [0.05, 0.1) is 13.7 Å². The van der Waals surface area contributed by atoms with E-state index in [9.17, 15) is 0 Å². The molecule has 6 heteroatoms. The van der Waals surface area contributed by atoms with Crippen LogP contribution in [0.25, 0.3) is 0 Å². The van der Waals surface area contributed by atoms with Gasteiger partial charge in [0.15, 0.2) is 0 Å². The molecule has 3 N–H and O–H groups in total. The Morgan fingerprint density at radius 2 is 2.41 bits per heavy atom. The Labute approximate surface area is 101 Å². The molecule has 1 aliphatic rings. The van der Waals surface area contributed by atoms with E-state index in [1.165, 1.54) is 0 Å². The predicted molar refractivity (Wildman–Crippen MR) is 65.0 cm³/mol. The molecular weight excluding hydrogens is 220 g/mol. The highest BCUT2D eigenvalue weighted by atomic mass is 16.5. The van der Waals surface area contributed by atoms with Crippen LogP contribution in [0.4, 0.5) is 11.8 Å². The Kier molecular flexibility index (Phi) is 3.63. The Balaban J connectivity index is 2.04. The number of nitrogens with two attached hydrogens (primary N) is 1. The first kappa shape index (κ1) is 11.9. The van der Waals surface area contributed by atoms with E-state index in [1.807, 2.05) is 0 Å². The van der Waals surface area contributed by atoms with Crippen LogP contribution < -0.4 is 15.8 Å². The average molecular weight is 238 g/mol. The standard InChI is InChI=1S/C11H18N4O2/c1-7(8-3-4-17-6-8)13-9-5-10(16-2)15-11(12)14-9/h5,7-8H,3-4,6H2,1-2H3,(H3,12,13,14,15). The SMILES string of the molecule is COc1cc(NC(C)C2CCOC2)nc(N)n1. The van der Waals surface area contributed by atoms with Crippen molar-refractivity contribution in [2.24, 2.45) is 5.92 Å². The van der Waals surface area contributed by atoms with Gasteiger partial charge < -0.3 is 20.5 Å². The van der Waals surface area contributed by atoms with Gasteiger partial charge in [0.1, 0.15) is 5.82 Å². The van der Waals surface area contributed by atoms with Gasteiger partial charge in [0.25, 0.3) is 0 Å². The number of anilines is 2. The number of nitrogens with one attached hydrogen (secondary N) is 1. The Morgan fingerprint density at radius 1 is 1.59 bits per heavy atom. The van der Waals surface area contributed by atoms with Crippen molar-refractivity contribution < 1.29 is 9.47 Å². The van der Waals surface area contributed by atoms with Crippen LogP contribution in [0.15, 0.2) is 6.07 Å². The van der Waals surface area contributed by atoms with Crippen molar-refractivity contribution in [3.8, 4) is 5.88 Å². The first-order chi connectivity index (χ1) is 8.19. The maximum Gasteiger partial charge on any atom is 0.225 e. The van der Waals surface area contributed by atoms with Crippen LogP contribution in [0.1, 0.15) is 13.3 Å². The molecule has 0 aromatic carbocycles. The summed E-state index contributed by atoms with van der Waals surface area (Å²) in [5.74, 6) is 1.88. The van der Waals surface area contributed by atoms with Crippen molar-refractivity contribution in [1.29, 1.82) is 0 Å². The van der Waals surface area contributed by atoms with Gasteiger partial charge in [0, 0.05) is 24.6 Å². The first-order valence-electron chi connectivity index (χ1n) is 5.72. The lowest BCUT2D eigenvalue weighted by Crippen LogP contribution is -2.26. The summed E-state index contributed by atoms with van der Waals surface area (Å²) in [7, 11) is 1.56.